The molecule has 0 spiro atoms. The van der Waals surface area contributed by atoms with Crippen LogP contribution in [0.2, 0.25) is 5.02 Å². The minimum Gasteiger partial charge on any atom is -0.545 e. The average molecular weight is 826 g/mol. The number of amides is 2. The number of nitrogens with one attached hydrogen (secondary N) is 2. The average Bonchev–Trinajstić information content (AvgIpc) is 3.50. The number of rotatable bonds is 12. The largest absolute Gasteiger partial charge is 0.545 e. The highest BCUT2D eigenvalue weighted by molar-refractivity contribution is 6.30. The minimum absolute atomic E-state index is 0.0128. The van der Waals surface area contributed by atoms with Gasteiger partial charge < -0.3 is 35.0 Å². The number of carboxylic acids is 1. The van der Waals surface area contributed by atoms with Crippen LogP contribution in [-0.2, 0) is 17.8 Å². The molecule has 7 rings (SSSR count). The molecule has 0 saturated carbocycles. The van der Waals surface area contributed by atoms with Crippen LogP contribution in [0.3, 0.4) is 0 Å². The third kappa shape index (κ3) is 8.25. The number of carbonyl (C=O) groups is 4. The van der Waals surface area contributed by atoms with Crippen LogP contribution < -0.4 is 30.6 Å². The number of fused-ring (bicyclic) bond motifs is 3. The van der Waals surface area contributed by atoms with Gasteiger partial charge in [0, 0.05) is 94.3 Å². The zero-order valence-electron chi connectivity index (χ0n) is 33.9. The number of carboxylic acid groups (broad SMARTS) is 1. The molecule has 0 radical (unpaired) electrons. The first-order valence-electron chi connectivity index (χ1n) is 19.4. The van der Waals surface area contributed by atoms with Gasteiger partial charge in [-0.05, 0) is 96.8 Å². The smallest absolute Gasteiger partial charge is 0.262 e. The van der Waals surface area contributed by atoms with Crippen molar-refractivity contribution in [2.75, 3.05) is 46.2 Å². The maximum atomic E-state index is 13.7. The van der Waals surface area contributed by atoms with Gasteiger partial charge in [-0.3, -0.25) is 19.0 Å². The van der Waals surface area contributed by atoms with Gasteiger partial charge in [0.05, 0.1) is 30.6 Å². The van der Waals surface area contributed by atoms with Crippen LogP contribution in [-0.4, -0.2) is 74.6 Å². The van der Waals surface area contributed by atoms with Gasteiger partial charge in [0.15, 0.2) is 0 Å². The number of hydrogen-bond acceptors (Lipinski definition) is 8. The molecule has 0 bridgehead atoms. The van der Waals surface area contributed by atoms with E-state index in [1.807, 2.05) is 74.1 Å². The number of aliphatic hydroxyl groups excluding tert-OH is 1. The van der Waals surface area contributed by atoms with Crippen molar-refractivity contribution >= 4 is 62.9 Å². The number of aromatic nitrogens is 1. The van der Waals surface area contributed by atoms with Crippen molar-refractivity contribution in [3.63, 3.8) is 0 Å². The molecule has 306 valence electrons. The minimum atomic E-state index is -1.38. The molecule has 0 fully saturated rings. The summed E-state index contributed by atoms with van der Waals surface area (Å²) in [5.74, 6) is -1.80. The Hall–Kier alpha value is -6.76. The van der Waals surface area contributed by atoms with E-state index in [1.54, 1.807) is 60.0 Å². The van der Waals surface area contributed by atoms with E-state index in [0.29, 0.717) is 78.2 Å². The summed E-state index contributed by atoms with van der Waals surface area (Å²) >= 11 is 6.05. The summed E-state index contributed by atoms with van der Waals surface area (Å²) in [5, 5.41) is 30.9. The summed E-state index contributed by atoms with van der Waals surface area (Å²) in [7, 11) is 7.68. The molecule has 0 atom stereocenters. The van der Waals surface area contributed by atoms with Crippen LogP contribution in [0, 0.1) is 6.92 Å². The van der Waals surface area contributed by atoms with Gasteiger partial charge in [0.25, 0.3) is 11.8 Å². The number of carbonyl (C=O) groups excluding carboxylic acids is 4. The molecule has 0 saturated heterocycles. The topological polar surface area (TPSA) is 160 Å². The molecular formula is C47H44ClN5O7. The Balaban J connectivity index is 1.08. The second-order valence-corrected chi connectivity index (χ2v) is 15.5. The van der Waals surface area contributed by atoms with Gasteiger partial charge in [0.1, 0.15) is 25.4 Å². The lowest BCUT2D eigenvalue weighted by Gasteiger charge is -2.20. The third-order valence-corrected chi connectivity index (χ3v) is 10.9. The standard InChI is InChI=1S/C47H44ClN5O7/c1-27-37(38-21-28(26-54)7-18-40(38)53(27)46(57)29-8-11-31(48)12-9-29)25-43(55)49-19-6-20-50-45(56)30-10-15-34(47(58)59)39(22-30)44-35-16-13-32(51(2)3)23-41(35)60-42-24-33(52(4)5)14-17-36(42)44/h7-18,21-24,54H,6,19-20,25-26H2,1-5H3,(H2-,49,50,55,56,58,59). The first kappa shape index (κ1) is 41.4. The van der Waals surface area contributed by atoms with Gasteiger partial charge in [-0.15, -0.1) is 0 Å². The molecule has 13 heteroatoms. The van der Waals surface area contributed by atoms with Gasteiger partial charge in [-0.25, -0.2) is 4.58 Å². The predicted molar refractivity (Wildman–Crippen MR) is 231 cm³/mol. The highest BCUT2D eigenvalue weighted by Crippen LogP contribution is 2.42. The van der Waals surface area contributed by atoms with E-state index in [9.17, 15) is 29.4 Å². The lowest BCUT2D eigenvalue weighted by Crippen LogP contribution is -2.31. The van der Waals surface area contributed by atoms with Crippen LogP contribution in [0.5, 0.6) is 0 Å². The van der Waals surface area contributed by atoms with Crippen molar-refractivity contribution in [1.29, 1.82) is 0 Å². The summed E-state index contributed by atoms with van der Waals surface area (Å²) in [6, 6.07) is 27.7. The third-order valence-electron chi connectivity index (χ3n) is 10.7. The maximum Gasteiger partial charge on any atom is 0.262 e. The first-order chi connectivity index (χ1) is 28.7. The monoisotopic (exact) mass is 825 g/mol. The zero-order chi connectivity index (χ0) is 42.8. The summed E-state index contributed by atoms with van der Waals surface area (Å²) in [6.07, 6.45) is 0.394. The second-order valence-electron chi connectivity index (χ2n) is 15.0. The highest BCUT2D eigenvalue weighted by atomic mass is 35.5. The van der Waals surface area contributed by atoms with Crippen LogP contribution >= 0.6 is 11.6 Å². The van der Waals surface area contributed by atoms with Gasteiger partial charge in [0.2, 0.25) is 11.3 Å². The lowest BCUT2D eigenvalue weighted by molar-refractivity contribution is -0.254. The molecule has 12 nitrogen and oxygen atoms in total. The van der Waals surface area contributed by atoms with Crippen LogP contribution in [0.1, 0.15) is 54.3 Å². The van der Waals surface area contributed by atoms with E-state index in [4.69, 9.17) is 16.0 Å². The van der Waals surface area contributed by atoms with Crippen molar-refractivity contribution < 1.29 is 33.8 Å². The Kier molecular flexibility index (Phi) is 11.9. The number of aliphatic hydroxyl groups is 1. The van der Waals surface area contributed by atoms with E-state index in [0.717, 1.165) is 11.0 Å². The fourth-order valence-corrected chi connectivity index (χ4v) is 7.59. The molecule has 3 N–H and O–H groups in total. The van der Waals surface area contributed by atoms with Gasteiger partial charge in [-0.1, -0.05) is 23.7 Å². The molecule has 0 unspecified atom stereocenters. The van der Waals surface area contributed by atoms with E-state index >= 15 is 0 Å². The lowest BCUT2D eigenvalue weighted by atomic mass is 9.89. The molecule has 5 aromatic rings. The number of nitrogens with zero attached hydrogens (tertiary/aromatic N) is 3. The molecular weight excluding hydrogens is 782 g/mol. The van der Waals surface area contributed by atoms with Crippen LogP contribution in [0.4, 0.5) is 5.69 Å². The molecule has 2 amide bonds. The summed E-state index contributed by atoms with van der Waals surface area (Å²) in [5.41, 5.74) is 6.16. The van der Waals surface area contributed by atoms with Crippen LogP contribution in [0.15, 0.2) is 101 Å². The van der Waals surface area contributed by atoms with Crippen molar-refractivity contribution in [3.05, 3.63) is 141 Å². The Morgan fingerprint density at radius 1 is 0.833 bits per heavy atom. The van der Waals surface area contributed by atoms with Crippen LogP contribution in [0.25, 0.3) is 44.3 Å². The highest BCUT2D eigenvalue weighted by Gasteiger charge is 2.24. The van der Waals surface area contributed by atoms with Crippen molar-refractivity contribution in [2.45, 2.75) is 26.4 Å². The number of aromatic carboxylic acids is 1. The molecule has 4 aromatic carbocycles. The maximum absolute atomic E-state index is 13.7. The molecule has 1 aliphatic heterocycles. The van der Waals surface area contributed by atoms with E-state index in [2.05, 4.69) is 10.6 Å². The number of benzene rings is 5. The fourth-order valence-electron chi connectivity index (χ4n) is 7.46. The summed E-state index contributed by atoms with van der Waals surface area (Å²) in [4.78, 5) is 55.0. The first-order valence-corrected chi connectivity index (χ1v) is 19.8. The number of hydrogen-bond donors (Lipinski definition) is 3. The van der Waals surface area contributed by atoms with E-state index in [1.165, 1.54) is 12.1 Å². The fraction of sp³-hybridized carbons (Fsp3) is 0.213. The Bertz CT molecular complexity index is 2870. The second kappa shape index (κ2) is 17.2. The molecule has 60 heavy (non-hydrogen) atoms. The molecule has 1 aliphatic carbocycles. The quantitative estimate of drug-likeness (QED) is 0.0858. The molecule has 2 heterocycles. The van der Waals surface area contributed by atoms with Crippen molar-refractivity contribution in [1.82, 2.24) is 19.8 Å². The van der Waals surface area contributed by atoms with Crippen molar-refractivity contribution in [2.24, 2.45) is 0 Å². The Labute approximate surface area is 351 Å². The SMILES string of the molecule is Cc1c(CC(=O)NCCCNC(=O)c2ccc(C(=O)[O-])c(-c3c4ccc(=[N+](C)C)cc-4oc4cc(N(C)C)ccc34)c2)c2cc(CO)ccc2n1C(=O)c1ccc(Cl)cc1. The van der Waals surface area contributed by atoms with E-state index < -0.39 is 11.9 Å². The van der Waals surface area contributed by atoms with Crippen molar-refractivity contribution in [3.8, 4) is 22.5 Å². The van der Waals surface area contributed by atoms with Gasteiger partial charge in [-0.2, -0.15) is 0 Å². The summed E-state index contributed by atoms with van der Waals surface area (Å²) in [6.45, 7) is 2.07. The Morgan fingerprint density at radius 2 is 1.57 bits per heavy atom. The normalized spacial score (nSPS) is 11.2. The Morgan fingerprint density at radius 3 is 2.27 bits per heavy atom. The van der Waals surface area contributed by atoms with Gasteiger partial charge >= 0.3 is 0 Å². The molecule has 1 aromatic heterocycles. The number of anilines is 1. The number of halogens is 1. The van der Waals surface area contributed by atoms with E-state index in [-0.39, 0.29) is 49.1 Å². The zero-order valence-corrected chi connectivity index (χ0v) is 34.6. The summed E-state index contributed by atoms with van der Waals surface area (Å²) < 4.78 is 9.92. The molecule has 2 aliphatic rings. The predicted octanol–water partition coefficient (Wildman–Crippen LogP) is 5.24.